The van der Waals surface area contributed by atoms with Crippen LogP contribution in [0, 0.1) is 40.7 Å². The average molecular weight is 568 g/mol. The predicted octanol–water partition coefficient (Wildman–Crippen LogP) is 4.15. The maximum atomic E-state index is 11.7. The Morgan fingerprint density at radius 2 is 1.62 bits per heavy atom. The number of rotatable bonds is 4. The van der Waals surface area contributed by atoms with E-state index in [0.29, 0.717) is 22.7 Å². The second kappa shape index (κ2) is 8.80. The third-order valence-corrected chi connectivity index (χ3v) is 5.23. The summed E-state index contributed by atoms with van der Waals surface area (Å²) in [6, 6.07) is 8.17. The first-order chi connectivity index (χ1) is 13.2. The van der Waals surface area contributed by atoms with Crippen LogP contribution < -0.4 is 4.74 Å². The van der Waals surface area contributed by atoms with Gasteiger partial charge in [-0.05, 0) is 79.8 Å². The van der Waals surface area contributed by atoms with E-state index in [9.17, 15) is 4.79 Å². The molecule has 29 heavy (non-hydrogen) atoms. The van der Waals surface area contributed by atoms with Crippen LogP contribution in [-0.2, 0) is 24.9 Å². The number of tetrazole rings is 1. The number of carbonyl (C=O) groups excluding carboxylic acids is 1. The van der Waals surface area contributed by atoms with E-state index < -0.39 is 5.97 Å². The molecule has 0 spiro atoms. The van der Waals surface area contributed by atoms with Crippen LogP contribution in [0.15, 0.2) is 30.4 Å². The van der Waals surface area contributed by atoms with Crippen molar-refractivity contribution in [1.82, 2.24) is 20.2 Å². The molecule has 2 aromatic carbocycles. The summed E-state index contributed by atoms with van der Waals surface area (Å²) in [5.74, 6) is 0.500. The van der Waals surface area contributed by atoms with Crippen LogP contribution in [0.4, 0.5) is 0 Å². The minimum atomic E-state index is -0.470. The minimum Gasteiger partial charge on any atom is -0.471 e. The molecule has 0 N–H and O–H groups in total. The van der Waals surface area contributed by atoms with Gasteiger partial charge in [-0.3, -0.25) is 0 Å². The van der Waals surface area contributed by atoms with Crippen molar-refractivity contribution in [1.29, 1.82) is 0 Å². The van der Waals surface area contributed by atoms with Crippen molar-refractivity contribution in [3.63, 3.8) is 0 Å². The molecule has 0 amide bonds. The molecule has 1 aromatic heterocycles. The Morgan fingerprint density at radius 3 is 2.14 bits per heavy atom. The molecule has 0 aliphatic rings. The zero-order valence-electron chi connectivity index (χ0n) is 17.4. The van der Waals surface area contributed by atoms with Gasteiger partial charge in [0.05, 0.1) is 5.69 Å². The van der Waals surface area contributed by atoms with E-state index in [2.05, 4.69) is 62.8 Å². The molecule has 3 aromatic rings. The Bertz CT molecular complexity index is 1060. The molecule has 0 saturated carbocycles. The smallest absolute Gasteiger partial charge is 0.329 e. The number of carbonyl (C=O) groups is 1. The van der Waals surface area contributed by atoms with Crippen LogP contribution >= 0.6 is 0 Å². The molecular weight excluding hydrogens is 544 g/mol. The molecule has 0 bridgehead atoms. The maximum Gasteiger partial charge on any atom is 0.329 e. The summed E-state index contributed by atoms with van der Waals surface area (Å²) in [7, 11) is 0. The van der Waals surface area contributed by atoms with Gasteiger partial charge in [-0.2, -0.15) is 5.10 Å². The predicted molar refractivity (Wildman–Crippen MR) is 108 cm³/mol. The summed E-state index contributed by atoms with van der Waals surface area (Å²) in [6.07, 6.45) is 0. The maximum absolute atomic E-state index is 11.7. The van der Waals surface area contributed by atoms with Gasteiger partial charge < -0.3 is 4.74 Å². The van der Waals surface area contributed by atoms with Gasteiger partial charge in [0.15, 0.2) is 0 Å². The monoisotopic (exact) mass is 568 g/mol. The van der Waals surface area contributed by atoms with Crippen LogP contribution in [0.1, 0.15) is 34.7 Å². The quantitative estimate of drug-likeness (QED) is 0.205. The second-order valence-electron chi connectivity index (χ2n) is 7.00. The van der Waals surface area contributed by atoms with Gasteiger partial charge in [0.2, 0.25) is 0 Å². The van der Waals surface area contributed by atoms with Crippen molar-refractivity contribution in [2.75, 3.05) is 0 Å². The molecule has 3 rings (SSSR count). The molecule has 6 nitrogen and oxygen atoms in total. The van der Waals surface area contributed by atoms with Gasteiger partial charge >= 0.3 is 5.97 Å². The topological polar surface area (TPSA) is 69.9 Å². The van der Waals surface area contributed by atoms with Crippen LogP contribution in [0.3, 0.4) is 0 Å². The number of ether oxygens (including phenoxy) is 1. The van der Waals surface area contributed by atoms with Crippen LogP contribution in [0.2, 0.25) is 0 Å². The number of esters is 1. The van der Waals surface area contributed by atoms with E-state index in [1.165, 1.54) is 16.7 Å². The van der Waals surface area contributed by atoms with E-state index in [0.717, 1.165) is 16.8 Å². The zero-order valence-corrected chi connectivity index (χ0v) is 19.8. The fourth-order valence-electron chi connectivity index (χ4n) is 3.11. The van der Waals surface area contributed by atoms with Gasteiger partial charge in [-0.15, -0.1) is 29.8 Å². The molecule has 153 valence electrons. The molecule has 0 unspecified atom stereocenters. The summed E-state index contributed by atoms with van der Waals surface area (Å²) in [4.78, 5) is 11.7. The molecular formula is C22H23IrN4O2-. The van der Waals surface area contributed by atoms with Gasteiger partial charge in [-0.1, -0.05) is 6.58 Å². The largest absolute Gasteiger partial charge is 0.471 e. The van der Waals surface area contributed by atoms with E-state index in [-0.39, 0.29) is 20.1 Å². The molecule has 1 heterocycles. The number of hydrogen-bond acceptors (Lipinski definition) is 5. The van der Waals surface area contributed by atoms with Crippen LogP contribution in [0.25, 0.3) is 17.1 Å². The van der Waals surface area contributed by atoms with E-state index >= 15 is 0 Å². The standard InChI is InChI=1S/C22H23N4O2.Ir/c1-12(2)22(27)28-19-10-8-18(9-11-19)21-23-24-25-26(21)20-16(6)14(4)13(3)15(5)17(20)7;/h8,10-11H,1H2,2-7H3;/q-1;. The number of aromatic nitrogens is 4. The normalized spacial score (nSPS) is 10.4. The average Bonchev–Trinajstić information content (AvgIpc) is 3.15. The Hall–Kier alpha value is -2.63. The van der Waals surface area contributed by atoms with Crippen molar-refractivity contribution in [2.24, 2.45) is 0 Å². The number of nitrogens with zero attached hydrogens (tertiary/aromatic N) is 4. The van der Waals surface area contributed by atoms with Crippen molar-refractivity contribution in [3.8, 4) is 22.8 Å². The summed E-state index contributed by atoms with van der Waals surface area (Å²) in [5, 5.41) is 12.3. The summed E-state index contributed by atoms with van der Waals surface area (Å²) < 4.78 is 6.96. The minimum absolute atomic E-state index is 0. The first-order valence-corrected chi connectivity index (χ1v) is 8.97. The summed E-state index contributed by atoms with van der Waals surface area (Å²) >= 11 is 0. The van der Waals surface area contributed by atoms with Crippen molar-refractivity contribution < 1.29 is 29.6 Å². The van der Waals surface area contributed by atoms with E-state index in [1.54, 1.807) is 29.8 Å². The summed E-state index contributed by atoms with van der Waals surface area (Å²) in [5.41, 5.74) is 8.03. The van der Waals surface area contributed by atoms with Gasteiger partial charge in [0, 0.05) is 31.4 Å². The fourth-order valence-corrected chi connectivity index (χ4v) is 3.11. The first-order valence-electron chi connectivity index (χ1n) is 8.97. The Balaban J connectivity index is 0.00000300. The number of hydrogen-bond donors (Lipinski definition) is 0. The first kappa shape index (κ1) is 22.7. The van der Waals surface area contributed by atoms with Gasteiger partial charge in [-0.25, -0.2) is 9.48 Å². The molecule has 0 atom stereocenters. The van der Waals surface area contributed by atoms with E-state index in [1.807, 2.05) is 0 Å². The Kier molecular flexibility index (Phi) is 6.88. The van der Waals surface area contributed by atoms with Crippen LogP contribution in [-0.4, -0.2) is 26.2 Å². The van der Waals surface area contributed by atoms with Crippen LogP contribution in [0.5, 0.6) is 5.75 Å². The third-order valence-electron chi connectivity index (χ3n) is 5.23. The van der Waals surface area contributed by atoms with Crippen molar-refractivity contribution >= 4 is 5.97 Å². The second-order valence-corrected chi connectivity index (χ2v) is 7.00. The fraction of sp³-hybridized carbons (Fsp3) is 0.273. The van der Waals surface area contributed by atoms with Crippen molar-refractivity contribution in [3.05, 3.63) is 64.2 Å². The molecule has 1 radical (unpaired) electrons. The molecule has 0 saturated heterocycles. The van der Waals surface area contributed by atoms with Crippen molar-refractivity contribution in [2.45, 2.75) is 41.5 Å². The molecule has 0 fully saturated rings. The third kappa shape index (κ3) is 4.21. The Morgan fingerprint density at radius 1 is 1.03 bits per heavy atom. The SMILES string of the molecule is C=C(C)C(=O)Oc1c[c-]c(-c2nnnn2-c2c(C)c(C)c(C)c(C)c2C)cc1.[Ir]. The molecule has 0 aliphatic carbocycles. The number of benzene rings is 2. The Labute approximate surface area is 184 Å². The molecule has 7 heteroatoms. The van der Waals surface area contributed by atoms with E-state index in [4.69, 9.17) is 4.74 Å². The van der Waals surface area contributed by atoms with Gasteiger partial charge in [0.1, 0.15) is 5.82 Å². The molecule has 0 aliphatic heterocycles. The summed E-state index contributed by atoms with van der Waals surface area (Å²) in [6.45, 7) is 15.7. The van der Waals surface area contributed by atoms with Gasteiger partial charge in [0.25, 0.3) is 0 Å². The zero-order chi connectivity index (χ0) is 20.6.